The van der Waals surface area contributed by atoms with Crippen LogP contribution in [-0.2, 0) is 6.54 Å². The first-order chi connectivity index (χ1) is 9.11. The molecule has 19 heavy (non-hydrogen) atoms. The van der Waals surface area contributed by atoms with Crippen molar-refractivity contribution in [3.05, 3.63) is 21.6 Å². The van der Waals surface area contributed by atoms with Gasteiger partial charge in [0.05, 0.1) is 25.0 Å². The van der Waals surface area contributed by atoms with Gasteiger partial charge in [-0.25, -0.2) is 4.68 Å². The van der Waals surface area contributed by atoms with E-state index >= 15 is 0 Å². The molecule has 2 rings (SSSR count). The van der Waals surface area contributed by atoms with Crippen LogP contribution in [0.3, 0.4) is 0 Å². The molecule has 2 atom stereocenters. The van der Waals surface area contributed by atoms with Crippen molar-refractivity contribution >= 4 is 17.3 Å². The van der Waals surface area contributed by atoms with E-state index in [9.17, 15) is 4.79 Å². The van der Waals surface area contributed by atoms with Crippen LogP contribution in [0.2, 0.25) is 5.02 Å². The molecular formula is C13H20ClN3O2. The van der Waals surface area contributed by atoms with Gasteiger partial charge < -0.3 is 10.4 Å². The van der Waals surface area contributed by atoms with Gasteiger partial charge in [-0.15, -0.1) is 0 Å². The second-order valence-electron chi connectivity index (χ2n) is 5.29. The van der Waals surface area contributed by atoms with Crippen LogP contribution in [0.25, 0.3) is 0 Å². The molecule has 1 aromatic rings. The number of hydrogen-bond acceptors (Lipinski definition) is 4. The highest BCUT2D eigenvalue weighted by molar-refractivity contribution is 6.32. The molecule has 1 fully saturated rings. The second kappa shape index (κ2) is 6.39. The summed E-state index contributed by atoms with van der Waals surface area (Å²) < 4.78 is 1.17. The minimum atomic E-state index is -0.361. The predicted molar refractivity (Wildman–Crippen MR) is 75.6 cm³/mol. The maximum Gasteiger partial charge on any atom is 0.287 e. The van der Waals surface area contributed by atoms with Crippen molar-refractivity contribution in [1.29, 1.82) is 0 Å². The average Bonchev–Trinajstić information content (AvgIpc) is 2.80. The Morgan fingerprint density at radius 2 is 2.37 bits per heavy atom. The number of halogens is 1. The summed E-state index contributed by atoms with van der Waals surface area (Å²) in [5, 5.41) is 16.2. The summed E-state index contributed by atoms with van der Waals surface area (Å²) >= 11 is 6.03. The average molecular weight is 286 g/mol. The monoisotopic (exact) mass is 285 g/mol. The Kier molecular flexibility index (Phi) is 4.82. The summed E-state index contributed by atoms with van der Waals surface area (Å²) in [5.74, 6) is 1.43. The van der Waals surface area contributed by atoms with E-state index in [1.807, 2.05) is 0 Å². The molecule has 1 aliphatic carbocycles. The quantitative estimate of drug-likeness (QED) is 0.865. The van der Waals surface area contributed by atoms with Crippen molar-refractivity contribution in [3.8, 4) is 0 Å². The lowest BCUT2D eigenvalue weighted by atomic mass is 10.1. The van der Waals surface area contributed by atoms with Crippen molar-refractivity contribution in [1.82, 2.24) is 9.78 Å². The van der Waals surface area contributed by atoms with E-state index < -0.39 is 0 Å². The standard InChI is InChI=1S/C13H20ClN3O2/c1-9-2-3-10(6-9)7-15-11-8-16-17(4-5-18)13(19)12(11)14/h8-10,15,18H,2-7H2,1H3. The summed E-state index contributed by atoms with van der Waals surface area (Å²) in [4.78, 5) is 11.8. The maximum atomic E-state index is 11.8. The SMILES string of the molecule is CC1CCC(CNc2cnn(CCO)c(=O)c2Cl)C1. The number of aliphatic hydroxyl groups is 1. The van der Waals surface area contributed by atoms with Crippen molar-refractivity contribution in [2.45, 2.75) is 32.7 Å². The molecule has 6 heteroatoms. The number of nitrogens with one attached hydrogen (secondary N) is 1. The summed E-state index contributed by atoms with van der Waals surface area (Å²) in [7, 11) is 0. The lowest BCUT2D eigenvalue weighted by Gasteiger charge is -2.13. The van der Waals surface area contributed by atoms with E-state index in [4.69, 9.17) is 16.7 Å². The van der Waals surface area contributed by atoms with Crippen LogP contribution >= 0.6 is 11.6 Å². The maximum absolute atomic E-state index is 11.8. The molecule has 106 valence electrons. The van der Waals surface area contributed by atoms with Gasteiger partial charge in [0.15, 0.2) is 0 Å². The largest absolute Gasteiger partial charge is 0.394 e. The Labute approximate surface area is 117 Å². The summed E-state index contributed by atoms with van der Waals surface area (Å²) in [5.41, 5.74) is 0.223. The lowest BCUT2D eigenvalue weighted by Crippen LogP contribution is -2.26. The molecule has 1 heterocycles. The van der Waals surface area contributed by atoms with Gasteiger partial charge >= 0.3 is 0 Å². The fraction of sp³-hybridized carbons (Fsp3) is 0.692. The van der Waals surface area contributed by atoms with E-state index in [1.54, 1.807) is 6.20 Å². The molecule has 0 bridgehead atoms. The molecule has 1 aromatic heterocycles. The Morgan fingerprint density at radius 1 is 1.58 bits per heavy atom. The number of aromatic nitrogens is 2. The molecule has 5 nitrogen and oxygen atoms in total. The zero-order chi connectivity index (χ0) is 13.8. The number of rotatable bonds is 5. The molecule has 0 aliphatic heterocycles. The Hall–Kier alpha value is -1.07. The number of hydrogen-bond donors (Lipinski definition) is 2. The van der Waals surface area contributed by atoms with Crippen LogP contribution in [0, 0.1) is 11.8 Å². The molecular weight excluding hydrogens is 266 g/mol. The van der Waals surface area contributed by atoms with Gasteiger partial charge in [-0.3, -0.25) is 4.79 Å². The third-order valence-electron chi connectivity index (χ3n) is 3.68. The molecule has 0 amide bonds. The number of nitrogens with zero attached hydrogens (tertiary/aromatic N) is 2. The molecule has 1 saturated carbocycles. The molecule has 0 aromatic carbocycles. The smallest absolute Gasteiger partial charge is 0.287 e. The van der Waals surface area contributed by atoms with Gasteiger partial charge in [0, 0.05) is 6.54 Å². The van der Waals surface area contributed by atoms with Crippen LogP contribution in [0.1, 0.15) is 26.2 Å². The highest BCUT2D eigenvalue weighted by atomic mass is 35.5. The van der Waals surface area contributed by atoms with E-state index in [2.05, 4.69) is 17.3 Å². The molecule has 0 spiro atoms. The minimum Gasteiger partial charge on any atom is -0.394 e. The normalized spacial score (nSPS) is 22.7. The first-order valence-electron chi connectivity index (χ1n) is 6.72. The zero-order valence-electron chi connectivity index (χ0n) is 11.1. The number of anilines is 1. The van der Waals surface area contributed by atoms with Crippen LogP contribution in [0.15, 0.2) is 11.0 Å². The van der Waals surface area contributed by atoms with Gasteiger partial charge in [-0.05, 0) is 24.7 Å². The molecule has 1 aliphatic rings. The lowest BCUT2D eigenvalue weighted by molar-refractivity contribution is 0.266. The van der Waals surface area contributed by atoms with Gasteiger partial charge in [-0.1, -0.05) is 24.9 Å². The fourth-order valence-electron chi connectivity index (χ4n) is 2.61. The van der Waals surface area contributed by atoms with E-state index in [0.717, 1.165) is 12.5 Å². The van der Waals surface area contributed by atoms with Gasteiger partial charge in [-0.2, -0.15) is 5.10 Å². The summed E-state index contributed by atoms with van der Waals surface area (Å²) in [6.45, 7) is 3.13. The molecule has 2 N–H and O–H groups in total. The van der Waals surface area contributed by atoms with Crippen LogP contribution in [0.4, 0.5) is 5.69 Å². The number of aliphatic hydroxyl groups excluding tert-OH is 1. The van der Waals surface area contributed by atoms with Gasteiger partial charge in [0.2, 0.25) is 0 Å². The predicted octanol–water partition coefficient (Wildman–Crippen LogP) is 1.74. The van der Waals surface area contributed by atoms with E-state index in [0.29, 0.717) is 11.6 Å². The molecule has 0 saturated heterocycles. The van der Waals surface area contributed by atoms with Crippen LogP contribution in [-0.4, -0.2) is 28.0 Å². The van der Waals surface area contributed by atoms with Gasteiger partial charge in [0.25, 0.3) is 5.56 Å². The van der Waals surface area contributed by atoms with Gasteiger partial charge in [0.1, 0.15) is 5.02 Å². The Balaban J connectivity index is 2.01. The van der Waals surface area contributed by atoms with E-state index in [1.165, 1.54) is 23.9 Å². The van der Waals surface area contributed by atoms with Crippen LogP contribution < -0.4 is 10.9 Å². The van der Waals surface area contributed by atoms with Crippen LogP contribution in [0.5, 0.6) is 0 Å². The van der Waals surface area contributed by atoms with Crippen molar-refractivity contribution in [3.63, 3.8) is 0 Å². The van der Waals surface area contributed by atoms with E-state index in [-0.39, 0.29) is 23.7 Å². The third-order valence-corrected chi connectivity index (χ3v) is 4.05. The highest BCUT2D eigenvalue weighted by Gasteiger charge is 2.21. The highest BCUT2D eigenvalue weighted by Crippen LogP contribution is 2.30. The first-order valence-corrected chi connectivity index (χ1v) is 7.10. The topological polar surface area (TPSA) is 67.2 Å². The third kappa shape index (κ3) is 3.48. The Morgan fingerprint density at radius 3 is 3.00 bits per heavy atom. The van der Waals surface area contributed by atoms with Crippen molar-refractivity contribution < 1.29 is 5.11 Å². The summed E-state index contributed by atoms with van der Waals surface area (Å²) in [6.07, 6.45) is 5.27. The van der Waals surface area contributed by atoms with Crippen molar-refractivity contribution in [2.24, 2.45) is 11.8 Å². The molecule has 2 unspecified atom stereocenters. The summed E-state index contributed by atoms with van der Waals surface area (Å²) in [6, 6.07) is 0. The Bertz CT molecular complexity index is 489. The first kappa shape index (κ1) is 14.3. The minimum absolute atomic E-state index is 0.129. The van der Waals surface area contributed by atoms with Crippen molar-refractivity contribution in [2.75, 3.05) is 18.5 Å². The molecule has 0 radical (unpaired) electrons. The fourth-order valence-corrected chi connectivity index (χ4v) is 2.82. The second-order valence-corrected chi connectivity index (χ2v) is 5.67. The zero-order valence-corrected chi connectivity index (χ0v) is 11.9.